The standard InChI is InChI=1S/C15H24N2O3S/c1-2-3-12-8-9-17(11-12)21(18,19)15-7-6-14(20-15)10-16-13-4-5-13/h6-7,12-13,16H,2-5,8-11H2,1H3. The number of hydrogen-bond donors (Lipinski definition) is 1. The number of nitrogens with one attached hydrogen (secondary N) is 1. The van der Waals surface area contributed by atoms with Gasteiger partial charge >= 0.3 is 0 Å². The summed E-state index contributed by atoms with van der Waals surface area (Å²) >= 11 is 0. The second-order valence-corrected chi connectivity index (χ2v) is 8.05. The maximum Gasteiger partial charge on any atom is 0.276 e. The lowest BCUT2D eigenvalue weighted by Gasteiger charge is -2.14. The Morgan fingerprint density at radius 1 is 1.33 bits per heavy atom. The minimum Gasteiger partial charge on any atom is -0.447 e. The fourth-order valence-corrected chi connectivity index (χ4v) is 4.37. The fourth-order valence-electron chi connectivity index (χ4n) is 2.91. The van der Waals surface area contributed by atoms with Gasteiger partial charge in [-0.1, -0.05) is 13.3 Å². The molecule has 2 fully saturated rings. The molecule has 1 aromatic heterocycles. The van der Waals surface area contributed by atoms with E-state index in [0.29, 0.717) is 37.4 Å². The SMILES string of the molecule is CCCC1CCN(S(=O)(=O)c2ccc(CNC3CC3)o2)C1. The number of furan rings is 1. The molecule has 1 unspecified atom stereocenters. The predicted molar refractivity (Wildman–Crippen MR) is 80.3 cm³/mol. The summed E-state index contributed by atoms with van der Waals surface area (Å²) in [6.07, 6.45) is 5.58. The second-order valence-electron chi connectivity index (χ2n) is 6.18. The number of nitrogens with zero attached hydrogens (tertiary/aromatic N) is 1. The molecule has 0 spiro atoms. The first kappa shape index (κ1) is 15.1. The van der Waals surface area contributed by atoms with Gasteiger partial charge in [-0.15, -0.1) is 0 Å². The number of sulfonamides is 1. The van der Waals surface area contributed by atoms with Crippen molar-refractivity contribution in [3.63, 3.8) is 0 Å². The van der Waals surface area contributed by atoms with Gasteiger partial charge in [-0.25, -0.2) is 8.42 Å². The van der Waals surface area contributed by atoms with Gasteiger partial charge in [0.2, 0.25) is 5.09 Å². The van der Waals surface area contributed by atoms with Crippen LogP contribution in [0, 0.1) is 5.92 Å². The van der Waals surface area contributed by atoms with Crippen molar-refractivity contribution in [2.24, 2.45) is 5.92 Å². The number of rotatable bonds is 7. The maximum absolute atomic E-state index is 12.6. The first-order chi connectivity index (χ1) is 10.1. The van der Waals surface area contributed by atoms with Crippen molar-refractivity contribution in [1.29, 1.82) is 0 Å². The van der Waals surface area contributed by atoms with Crippen molar-refractivity contribution in [3.8, 4) is 0 Å². The lowest BCUT2D eigenvalue weighted by atomic mass is 10.0. The van der Waals surface area contributed by atoms with Gasteiger partial charge < -0.3 is 9.73 Å². The molecule has 2 heterocycles. The van der Waals surface area contributed by atoms with E-state index in [1.807, 2.05) is 0 Å². The molecule has 6 heteroatoms. The molecule has 3 rings (SSSR count). The van der Waals surface area contributed by atoms with Crippen LogP contribution in [0.15, 0.2) is 21.6 Å². The molecule has 5 nitrogen and oxygen atoms in total. The Labute approximate surface area is 126 Å². The molecule has 0 radical (unpaired) electrons. The van der Waals surface area contributed by atoms with Crippen molar-refractivity contribution in [1.82, 2.24) is 9.62 Å². The predicted octanol–water partition coefficient (Wildman–Crippen LogP) is 2.34. The highest BCUT2D eigenvalue weighted by molar-refractivity contribution is 7.89. The largest absolute Gasteiger partial charge is 0.447 e. The van der Waals surface area contributed by atoms with E-state index in [9.17, 15) is 8.42 Å². The van der Waals surface area contributed by atoms with Gasteiger partial charge in [0.05, 0.1) is 6.54 Å². The molecule has 21 heavy (non-hydrogen) atoms. The lowest BCUT2D eigenvalue weighted by molar-refractivity contribution is 0.376. The average molecular weight is 312 g/mol. The Hall–Kier alpha value is -0.850. The molecule has 1 saturated carbocycles. The summed E-state index contributed by atoms with van der Waals surface area (Å²) in [5, 5.41) is 3.42. The first-order valence-corrected chi connectivity index (χ1v) is 9.36. The van der Waals surface area contributed by atoms with Gasteiger partial charge in [-0.05, 0) is 43.7 Å². The molecule has 2 aliphatic rings. The highest BCUT2D eigenvalue weighted by atomic mass is 32.2. The van der Waals surface area contributed by atoms with E-state index in [1.54, 1.807) is 16.4 Å². The molecule has 0 amide bonds. The summed E-state index contributed by atoms with van der Waals surface area (Å²) in [6.45, 7) is 4.00. The van der Waals surface area contributed by atoms with E-state index in [1.165, 1.54) is 12.8 Å². The molecular formula is C15H24N2O3S. The normalized spacial score (nSPS) is 23.8. The Balaban J connectivity index is 1.64. The van der Waals surface area contributed by atoms with Gasteiger partial charge in [0, 0.05) is 19.1 Å². The zero-order valence-corrected chi connectivity index (χ0v) is 13.4. The summed E-state index contributed by atoms with van der Waals surface area (Å²) in [4.78, 5) is 0. The van der Waals surface area contributed by atoms with Crippen LogP contribution in [0.25, 0.3) is 0 Å². The molecule has 1 N–H and O–H groups in total. The lowest BCUT2D eigenvalue weighted by Crippen LogP contribution is -2.28. The van der Waals surface area contributed by atoms with Gasteiger partial charge in [0.15, 0.2) is 0 Å². The van der Waals surface area contributed by atoms with Gasteiger partial charge in [-0.2, -0.15) is 4.31 Å². The third-order valence-electron chi connectivity index (χ3n) is 4.32. The van der Waals surface area contributed by atoms with E-state index in [-0.39, 0.29) is 5.09 Å². The number of hydrogen-bond acceptors (Lipinski definition) is 4. The second kappa shape index (κ2) is 6.10. The first-order valence-electron chi connectivity index (χ1n) is 7.92. The zero-order valence-electron chi connectivity index (χ0n) is 12.5. The molecule has 1 saturated heterocycles. The summed E-state index contributed by atoms with van der Waals surface area (Å²) in [5.74, 6) is 1.19. The summed E-state index contributed by atoms with van der Waals surface area (Å²) in [5.41, 5.74) is 0. The van der Waals surface area contributed by atoms with E-state index >= 15 is 0 Å². The van der Waals surface area contributed by atoms with Crippen LogP contribution < -0.4 is 5.32 Å². The van der Waals surface area contributed by atoms with Crippen LogP contribution in [-0.2, 0) is 16.6 Å². The molecule has 0 aromatic carbocycles. The van der Waals surface area contributed by atoms with Crippen LogP contribution in [-0.4, -0.2) is 31.9 Å². The summed E-state index contributed by atoms with van der Waals surface area (Å²) < 4.78 is 32.2. The minimum absolute atomic E-state index is 0.0900. The Kier molecular flexibility index (Phi) is 4.38. The highest BCUT2D eigenvalue weighted by Crippen LogP contribution is 2.28. The average Bonchev–Trinajstić information content (AvgIpc) is 2.97. The molecule has 1 aliphatic heterocycles. The molecule has 1 aliphatic carbocycles. The fraction of sp³-hybridized carbons (Fsp3) is 0.733. The molecule has 1 aromatic rings. The quantitative estimate of drug-likeness (QED) is 0.839. The summed E-state index contributed by atoms with van der Waals surface area (Å²) in [7, 11) is -3.45. The molecule has 0 bridgehead atoms. The van der Waals surface area contributed by atoms with Gasteiger partial charge in [0.25, 0.3) is 10.0 Å². The van der Waals surface area contributed by atoms with Crippen LogP contribution in [0.1, 0.15) is 44.8 Å². The van der Waals surface area contributed by atoms with Gasteiger partial charge in [0.1, 0.15) is 5.76 Å². The maximum atomic E-state index is 12.6. The van der Waals surface area contributed by atoms with Crippen molar-refractivity contribution in [3.05, 3.63) is 17.9 Å². The minimum atomic E-state index is -3.45. The van der Waals surface area contributed by atoms with Crippen molar-refractivity contribution < 1.29 is 12.8 Å². The zero-order chi connectivity index (χ0) is 14.9. The smallest absolute Gasteiger partial charge is 0.276 e. The topological polar surface area (TPSA) is 62.6 Å². The van der Waals surface area contributed by atoms with Gasteiger partial charge in [-0.3, -0.25) is 0 Å². The van der Waals surface area contributed by atoms with Crippen molar-refractivity contribution >= 4 is 10.0 Å². The third-order valence-corrected chi connectivity index (χ3v) is 6.06. The Bertz CT molecular complexity index is 577. The van der Waals surface area contributed by atoms with E-state index < -0.39 is 10.0 Å². The van der Waals surface area contributed by atoms with Crippen LogP contribution in [0.5, 0.6) is 0 Å². The molecule has 1 atom stereocenters. The van der Waals surface area contributed by atoms with Crippen LogP contribution in [0.2, 0.25) is 0 Å². The highest BCUT2D eigenvalue weighted by Gasteiger charge is 2.34. The van der Waals surface area contributed by atoms with E-state index in [2.05, 4.69) is 12.2 Å². The molecular weight excluding hydrogens is 288 g/mol. The van der Waals surface area contributed by atoms with E-state index in [4.69, 9.17) is 4.42 Å². The Morgan fingerprint density at radius 3 is 2.86 bits per heavy atom. The molecule has 118 valence electrons. The van der Waals surface area contributed by atoms with Crippen LogP contribution >= 0.6 is 0 Å². The van der Waals surface area contributed by atoms with Crippen molar-refractivity contribution in [2.45, 2.75) is 56.7 Å². The third kappa shape index (κ3) is 3.49. The monoisotopic (exact) mass is 312 g/mol. The van der Waals surface area contributed by atoms with Crippen molar-refractivity contribution in [2.75, 3.05) is 13.1 Å². The summed E-state index contributed by atoms with van der Waals surface area (Å²) in [6, 6.07) is 3.94. The Morgan fingerprint density at radius 2 is 2.14 bits per heavy atom. The van der Waals surface area contributed by atoms with E-state index in [0.717, 1.165) is 19.3 Å². The van der Waals surface area contributed by atoms with Crippen LogP contribution in [0.3, 0.4) is 0 Å². The van der Waals surface area contributed by atoms with Crippen LogP contribution in [0.4, 0.5) is 0 Å².